The third kappa shape index (κ3) is 3.57. The van der Waals surface area contributed by atoms with E-state index in [0.717, 1.165) is 30.7 Å². The van der Waals surface area contributed by atoms with Crippen molar-refractivity contribution >= 4 is 29.1 Å². The molecule has 3 heterocycles. The van der Waals surface area contributed by atoms with Gasteiger partial charge >= 0.3 is 0 Å². The lowest BCUT2D eigenvalue weighted by molar-refractivity contribution is -0.115. The van der Waals surface area contributed by atoms with E-state index in [1.807, 2.05) is 0 Å². The van der Waals surface area contributed by atoms with Crippen molar-refractivity contribution in [2.75, 3.05) is 17.7 Å². The minimum atomic E-state index is -0.0396. The number of rotatable bonds is 6. The Bertz CT molecular complexity index is 816. The predicted octanol–water partition coefficient (Wildman–Crippen LogP) is 1.32. The molecule has 8 nitrogen and oxygen atoms in total. The summed E-state index contributed by atoms with van der Waals surface area (Å²) in [5.74, 6) is 0.188. The molecule has 25 heavy (non-hydrogen) atoms. The molecule has 1 amide bonds. The molecular weight excluding hydrogens is 342 g/mol. The first-order valence-electron chi connectivity index (χ1n) is 8.15. The summed E-state index contributed by atoms with van der Waals surface area (Å²) in [6.45, 7) is 1.39. The highest BCUT2D eigenvalue weighted by Gasteiger charge is 2.21. The Labute approximate surface area is 148 Å². The maximum atomic E-state index is 12.4. The molecule has 1 fully saturated rings. The van der Waals surface area contributed by atoms with Gasteiger partial charge in [0.2, 0.25) is 11.1 Å². The number of Topliss-reactive ketones (excluding diaryl/α,β-unsaturated/α-hetero) is 1. The Kier molecular flexibility index (Phi) is 4.50. The van der Waals surface area contributed by atoms with Crippen molar-refractivity contribution in [2.24, 2.45) is 0 Å². The number of tetrazole rings is 1. The van der Waals surface area contributed by atoms with E-state index in [2.05, 4.69) is 20.8 Å². The fraction of sp³-hybridized carbons (Fsp3) is 0.438. The number of ketones is 1. The van der Waals surface area contributed by atoms with Crippen molar-refractivity contribution in [3.63, 3.8) is 0 Å². The van der Waals surface area contributed by atoms with Crippen LogP contribution in [-0.2, 0) is 22.5 Å². The van der Waals surface area contributed by atoms with Gasteiger partial charge in [0, 0.05) is 17.9 Å². The van der Waals surface area contributed by atoms with Gasteiger partial charge in [-0.15, -0.1) is 5.10 Å². The highest BCUT2D eigenvalue weighted by Crippen LogP contribution is 2.25. The van der Waals surface area contributed by atoms with Crippen LogP contribution in [0.3, 0.4) is 0 Å². The minimum absolute atomic E-state index is 0.0150. The molecule has 1 atom stereocenters. The molecule has 1 saturated heterocycles. The third-order valence-electron chi connectivity index (χ3n) is 4.28. The summed E-state index contributed by atoms with van der Waals surface area (Å²) in [4.78, 5) is 23.9. The highest BCUT2D eigenvalue weighted by molar-refractivity contribution is 7.99. The van der Waals surface area contributed by atoms with Gasteiger partial charge in [0.15, 0.2) is 5.78 Å². The standard InChI is InChI=1S/C16H17N5O3S/c22-14(10-3-4-13-11(6-10)7-15(23)17-13)9-25-16-18-19-20-21(16)8-12-2-1-5-24-12/h3-4,6,12H,1-2,5,7-9H2,(H,17,23)/t12-/m1/s1. The van der Waals surface area contributed by atoms with Gasteiger partial charge in [-0.1, -0.05) is 11.8 Å². The smallest absolute Gasteiger partial charge is 0.228 e. The summed E-state index contributed by atoms with van der Waals surface area (Å²) in [5.41, 5.74) is 2.25. The molecule has 2 aromatic rings. The fourth-order valence-electron chi connectivity index (χ4n) is 3.01. The number of carbonyl (C=O) groups is 2. The van der Waals surface area contributed by atoms with Crippen LogP contribution in [0.15, 0.2) is 23.4 Å². The van der Waals surface area contributed by atoms with Crippen molar-refractivity contribution < 1.29 is 14.3 Å². The second-order valence-electron chi connectivity index (χ2n) is 6.09. The van der Waals surface area contributed by atoms with Crippen molar-refractivity contribution in [1.82, 2.24) is 20.2 Å². The molecule has 1 aromatic heterocycles. The predicted molar refractivity (Wildman–Crippen MR) is 90.6 cm³/mol. The summed E-state index contributed by atoms with van der Waals surface area (Å²) in [5, 5.41) is 15.1. The zero-order chi connectivity index (χ0) is 17.2. The van der Waals surface area contributed by atoms with Crippen LogP contribution in [0.4, 0.5) is 5.69 Å². The van der Waals surface area contributed by atoms with Crippen LogP contribution >= 0.6 is 11.8 Å². The maximum absolute atomic E-state index is 12.4. The van der Waals surface area contributed by atoms with Crippen LogP contribution in [0.25, 0.3) is 0 Å². The second kappa shape index (κ2) is 6.93. The van der Waals surface area contributed by atoms with Crippen LogP contribution in [0.5, 0.6) is 0 Å². The number of nitrogens with one attached hydrogen (secondary N) is 1. The van der Waals surface area contributed by atoms with Gasteiger partial charge in [0.25, 0.3) is 0 Å². The highest BCUT2D eigenvalue weighted by atomic mass is 32.2. The normalized spacial score (nSPS) is 19.0. The lowest BCUT2D eigenvalue weighted by Gasteiger charge is -2.09. The summed E-state index contributed by atoms with van der Waals surface area (Å²) in [6, 6.07) is 5.30. The van der Waals surface area contributed by atoms with E-state index in [1.165, 1.54) is 11.8 Å². The first kappa shape index (κ1) is 16.2. The van der Waals surface area contributed by atoms with E-state index in [9.17, 15) is 9.59 Å². The summed E-state index contributed by atoms with van der Waals surface area (Å²) in [6.07, 6.45) is 2.53. The number of anilines is 1. The van der Waals surface area contributed by atoms with E-state index < -0.39 is 0 Å². The fourth-order valence-corrected chi connectivity index (χ4v) is 3.79. The Hall–Kier alpha value is -2.26. The number of nitrogens with zero attached hydrogens (tertiary/aromatic N) is 4. The molecule has 1 N–H and O–H groups in total. The second-order valence-corrected chi connectivity index (χ2v) is 7.03. The van der Waals surface area contributed by atoms with Crippen LogP contribution in [0.1, 0.15) is 28.8 Å². The number of hydrogen-bond acceptors (Lipinski definition) is 7. The molecule has 0 spiro atoms. The largest absolute Gasteiger partial charge is 0.376 e. The molecule has 0 unspecified atom stereocenters. The average molecular weight is 359 g/mol. The molecule has 9 heteroatoms. The molecule has 0 bridgehead atoms. The number of fused-ring (bicyclic) bond motifs is 1. The van der Waals surface area contributed by atoms with Crippen LogP contribution in [0, 0.1) is 0 Å². The van der Waals surface area contributed by atoms with Crippen molar-refractivity contribution in [3.05, 3.63) is 29.3 Å². The number of carbonyl (C=O) groups excluding carboxylic acids is 2. The Morgan fingerprint density at radius 1 is 1.44 bits per heavy atom. The van der Waals surface area contributed by atoms with Gasteiger partial charge in [0.05, 0.1) is 24.8 Å². The molecule has 0 saturated carbocycles. The van der Waals surface area contributed by atoms with E-state index in [4.69, 9.17) is 4.74 Å². The topological polar surface area (TPSA) is 99.0 Å². The van der Waals surface area contributed by atoms with Gasteiger partial charge in [-0.25, -0.2) is 4.68 Å². The quantitative estimate of drug-likeness (QED) is 0.613. The van der Waals surface area contributed by atoms with Gasteiger partial charge < -0.3 is 10.1 Å². The molecule has 130 valence electrons. The molecule has 0 radical (unpaired) electrons. The zero-order valence-electron chi connectivity index (χ0n) is 13.5. The van der Waals surface area contributed by atoms with Crippen LogP contribution in [0.2, 0.25) is 0 Å². The Morgan fingerprint density at radius 2 is 2.36 bits per heavy atom. The van der Waals surface area contributed by atoms with Crippen LogP contribution < -0.4 is 5.32 Å². The molecule has 2 aliphatic heterocycles. The number of aromatic nitrogens is 4. The lowest BCUT2D eigenvalue weighted by atomic mass is 10.1. The van der Waals surface area contributed by atoms with Gasteiger partial charge in [-0.3, -0.25) is 9.59 Å². The summed E-state index contributed by atoms with van der Waals surface area (Å²) < 4.78 is 7.30. The number of thioether (sulfide) groups is 1. The Morgan fingerprint density at radius 3 is 3.20 bits per heavy atom. The van der Waals surface area contributed by atoms with E-state index in [1.54, 1.807) is 22.9 Å². The summed E-state index contributed by atoms with van der Waals surface area (Å²) >= 11 is 1.31. The number of amides is 1. The number of benzene rings is 1. The molecule has 2 aliphatic rings. The molecule has 4 rings (SSSR count). The average Bonchev–Trinajstić information content (AvgIpc) is 3.33. The van der Waals surface area contributed by atoms with Crippen molar-refractivity contribution in [3.8, 4) is 0 Å². The van der Waals surface area contributed by atoms with Crippen LogP contribution in [-0.4, -0.2) is 50.4 Å². The van der Waals surface area contributed by atoms with Crippen molar-refractivity contribution in [2.45, 2.75) is 37.1 Å². The van der Waals surface area contributed by atoms with E-state index in [-0.39, 0.29) is 23.5 Å². The van der Waals surface area contributed by atoms with Gasteiger partial charge in [-0.05, 0) is 47.0 Å². The maximum Gasteiger partial charge on any atom is 0.228 e. The molecule has 0 aliphatic carbocycles. The molecular formula is C16H17N5O3S. The molecule has 1 aromatic carbocycles. The number of ether oxygens (including phenoxy) is 1. The Balaban J connectivity index is 1.39. The lowest BCUT2D eigenvalue weighted by Crippen LogP contribution is -2.17. The van der Waals surface area contributed by atoms with Crippen molar-refractivity contribution in [1.29, 1.82) is 0 Å². The first-order valence-corrected chi connectivity index (χ1v) is 9.14. The third-order valence-corrected chi connectivity index (χ3v) is 5.24. The van der Waals surface area contributed by atoms with Gasteiger partial charge in [0.1, 0.15) is 0 Å². The monoisotopic (exact) mass is 359 g/mol. The van der Waals surface area contributed by atoms with Gasteiger partial charge in [-0.2, -0.15) is 0 Å². The SMILES string of the molecule is O=C1Cc2cc(C(=O)CSc3nnnn3C[C@H]3CCCO3)ccc2N1. The zero-order valence-corrected chi connectivity index (χ0v) is 14.3. The summed E-state index contributed by atoms with van der Waals surface area (Å²) in [7, 11) is 0. The number of hydrogen-bond donors (Lipinski definition) is 1. The van der Waals surface area contributed by atoms with E-state index >= 15 is 0 Å². The van der Waals surface area contributed by atoms with E-state index in [0.29, 0.717) is 23.7 Å². The minimum Gasteiger partial charge on any atom is -0.376 e. The first-order chi connectivity index (χ1) is 12.2.